The summed E-state index contributed by atoms with van der Waals surface area (Å²) in [7, 11) is 0. The van der Waals surface area contributed by atoms with E-state index in [2.05, 4.69) is 74.2 Å². The Morgan fingerprint density at radius 1 is 1.00 bits per heavy atom. The highest BCUT2D eigenvalue weighted by Gasteiger charge is 2.13. The fourth-order valence-electron chi connectivity index (χ4n) is 2.49. The lowest BCUT2D eigenvalue weighted by atomic mass is 10.1. The first-order valence-electron chi connectivity index (χ1n) is 7.22. The van der Waals surface area contributed by atoms with Crippen LogP contribution in [0.2, 0.25) is 0 Å². The van der Waals surface area contributed by atoms with E-state index in [0.717, 1.165) is 6.54 Å². The molecule has 0 aromatic heterocycles. The molecule has 2 nitrogen and oxygen atoms in total. The van der Waals surface area contributed by atoms with Crippen LogP contribution in [-0.4, -0.2) is 6.04 Å². The van der Waals surface area contributed by atoms with Crippen LogP contribution in [-0.2, 0) is 13.1 Å². The Kier molecular flexibility index (Phi) is 4.80. The predicted octanol–water partition coefficient (Wildman–Crippen LogP) is 3.87. The van der Waals surface area contributed by atoms with Crippen molar-refractivity contribution < 1.29 is 0 Å². The Labute approximate surface area is 122 Å². The quantitative estimate of drug-likeness (QED) is 0.892. The van der Waals surface area contributed by atoms with Gasteiger partial charge in [-0.2, -0.15) is 0 Å². The zero-order valence-corrected chi connectivity index (χ0v) is 12.6. The fraction of sp³-hybridized carbons (Fsp3) is 0.333. The maximum atomic E-state index is 5.71. The van der Waals surface area contributed by atoms with Crippen LogP contribution in [0.15, 0.2) is 48.5 Å². The van der Waals surface area contributed by atoms with Crippen LogP contribution in [0.5, 0.6) is 0 Å². The summed E-state index contributed by atoms with van der Waals surface area (Å²) in [5, 5.41) is 0. The lowest BCUT2D eigenvalue weighted by Crippen LogP contribution is -2.30. The third kappa shape index (κ3) is 3.40. The molecule has 0 aliphatic heterocycles. The number of nitrogens with zero attached hydrogens (tertiary/aromatic N) is 1. The van der Waals surface area contributed by atoms with E-state index in [1.54, 1.807) is 0 Å². The van der Waals surface area contributed by atoms with Crippen molar-refractivity contribution >= 4 is 5.69 Å². The Morgan fingerprint density at radius 2 is 1.70 bits per heavy atom. The molecule has 2 aromatic carbocycles. The number of nitrogens with two attached hydrogens (primary N) is 1. The van der Waals surface area contributed by atoms with Crippen molar-refractivity contribution in [3.8, 4) is 0 Å². The molecule has 2 heteroatoms. The summed E-state index contributed by atoms with van der Waals surface area (Å²) in [5.41, 5.74) is 10.8. The number of hydrogen-bond donors (Lipinski definition) is 1. The highest BCUT2D eigenvalue weighted by molar-refractivity contribution is 5.55. The summed E-state index contributed by atoms with van der Waals surface area (Å²) in [6, 6.07) is 17.6. The van der Waals surface area contributed by atoms with Gasteiger partial charge >= 0.3 is 0 Å². The van der Waals surface area contributed by atoms with Crippen LogP contribution in [0.1, 0.15) is 30.5 Å². The van der Waals surface area contributed by atoms with Gasteiger partial charge < -0.3 is 10.6 Å². The van der Waals surface area contributed by atoms with Crippen molar-refractivity contribution in [2.24, 2.45) is 5.73 Å². The molecule has 0 radical (unpaired) electrons. The van der Waals surface area contributed by atoms with Crippen LogP contribution in [0.25, 0.3) is 0 Å². The second-order valence-corrected chi connectivity index (χ2v) is 5.53. The Morgan fingerprint density at radius 3 is 2.25 bits per heavy atom. The first kappa shape index (κ1) is 14.6. The second kappa shape index (κ2) is 6.58. The number of aryl methyl sites for hydroxylation is 1. The number of benzene rings is 2. The molecule has 0 saturated carbocycles. The largest absolute Gasteiger partial charge is 0.365 e. The van der Waals surface area contributed by atoms with Crippen molar-refractivity contribution in [2.75, 3.05) is 4.90 Å². The maximum Gasteiger partial charge on any atom is 0.0432 e. The third-order valence-corrected chi connectivity index (χ3v) is 3.63. The van der Waals surface area contributed by atoms with Gasteiger partial charge in [-0.15, -0.1) is 0 Å². The summed E-state index contributed by atoms with van der Waals surface area (Å²) < 4.78 is 0. The molecule has 0 unspecified atom stereocenters. The molecule has 0 spiro atoms. The molecule has 0 fully saturated rings. The van der Waals surface area contributed by atoms with E-state index in [1.165, 1.54) is 22.4 Å². The van der Waals surface area contributed by atoms with E-state index in [9.17, 15) is 0 Å². The summed E-state index contributed by atoms with van der Waals surface area (Å²) in [4.78, 5) is 2.44. The van der Waals surface area contributed by atoms with Crippen molar-refractivity contribution in [3.05, 3.63) is 65.2 Å². The summed E-state index contributed by atoms with van der Waals surface area (Å²) in [5.74, 6) is 0. The van der Waals surface area contributed by atoms with E-state index >= 15 is 0 Å². The minimum atomic E-state index is 0.456. The van der Waals surface area contributed by atoms with Gasteiger partial charge in [0.15, 0.2) is 0 Å². The zero-order valence-electron chi connectivity index (χ0n) is 12.6. The third-order valence-electron chi connectivity index (χ3n) is 3.63. The molecule has 0 aliphatic carbocycles. The van der Waals surface area contributed by atoms with Crippen molar-refractivity contribution in [2.45, 2.75) is 39.9 Å². The zero-order chi connectivity index (χ0) is 14.5. The fourth-order valence-corrected chi connectivity index (χ4v) is 2.49. The van der Waals surface area contributed by atoms with Gasteiger partial charge in [-0.1, -0.05) is 42.5 Å². The van der Waals surface area contributed by atoms with Gasteiger partial charge in [0.2, 0.25) is 0 Å². The van der Waals surface area contributed by atoms with E-state index in [-0.39, 0.29) is 0 Å². The van der Waals surface area contributed by atoms with Gasteiger partial charge in [-0.05, 0) is 43.5 Å². The number of anilines is 1. The van der Waals surface area contributed by atoms with Crippen LogP contribution >= 0.6 is 0 Å². The van der Waals surface area contributed by atoms with Crippen molar-refractivity contribution in [1.82, 2.24) is 0 Å². The van der Waals surface area contributed by atoms with Gasteiger partial charge in [-0.3, -0.25) is 0 Å². The second-order valence-electron chi connectivity index (χ2n) is 5.53. The lowest BCUT2D eigenvalue weighted by molar-refractivity contribution is 0.680. The Hall–Kier alpha value is -1.80. The van der Waals surface area contributed by atoms with Gasteiger partial charge in [0.25, 0.3) is 0 Å². The predicted molar refractivity (Wildman–Crippen MR) is 86.8 cm³/mol. The average Bonchev–Trinajstić information content (AvgIpc) is 2.46. The highest BCUT2D eigenvalue weighted by Crippen LogP contribution is 2.25. The van der Waals surface area contributed by atoms with Crippen molar-refractivity contribution in [3.63, 3.8) is 0 Å². The van der Waals surface area contributed by atoms with E-state index in [0.29, 0.717) is 12.6 Å². The van der Waals surface area contributed by atoms with Gasteiger partial charge in [0, 0.05) is 24.8 Å². The van der Waals surface area contributed by atoms with Crippen LogP contribution in [0.3, 0.4) is 0 Å². The summed E-state index contributed by atoms with van der Waals surface area (Å²) in [6.07, 6.45) is 0. The molecule has 0 saturated heterocycles. The SMILES string of the molecule is Cc1cc(CN)ccc1N(Cc1ccccc1)C(C)C. The molecule has 0 aliphatic rings. The van der Waals surface area contributed by atoms with Crippen molar-refractivity contribution in [1.29, 1.82) is 0 Å². The van der Waals surface area contributed by atoms with Crippen LogP contribution < -0.4 is 10.6 Å². The average molecular weight is 268 g/mol. The molecule has 0 atom stereocenters. The molecule has 106 valence electrons. The minimum absolute atomic E-state index is 0.456. The molecule has 0 bridgehead atoms. The Balaban J connectivity index is 2.29. The van der Waals surface area contributed by atoms with Gasteiger partial charge in [0.1, 0.15) is 0 Å². The summed E-state index contributed by atoms with van der Waals surface area (Å²) in [6.45, 7) is 8.16. The Bertz CT molecular complexity index is 547. The molecule has 0 heterocycles. The normalized spacial score (nSPS) is 10.8. The first-order chi connectivity index (χ1) is 9.61. The molecular formula is C18H24N2. The maximum absolute atomic E-state index is 5.71. The molecule has 20 heavy (non-hydrogen) atoms. The molecule has 2 aromatic rings. The van der Waals surface area contributed by atoms with Gasteiger partial charge in [0.05, 0.1) is 0 Å². The first-order valence-corrected chi connectivity index (χ1v) is 7.22. The van der Waals surface area contributed by atoms with E-state index < -0.39 is 0 Å². The topological polar surface area (TPSA) is 29.3 Å². The number of hydrogen-bond acceptors (Lipinski definition) is 2. The van der Waals surface area contributed by atoms with Crippen LogP contribution in [0, 0.1) is 6.92 Å². The molecule has 0 amide bonds. The molecular weight excluding hydrogens is 244 g/mol. The monoisotopic (exact) mass is 268 g/mol. The van der Waals surface area contributed by atoms with E-state index in [1.807, 2.05) is 0 Å². The lowest BCUT2D eigenvalue weighted by Gasteiger charge is -2.31. The van der Waals surface area contributed by atoms with E-state index in [4.69, 9.17) is 5.73 Å². The smallest absolute Gasteiger partial charge is 0.0432 e. The number of rotatable bonds is 5. The molecule has 2 N–H and O–H groups in total. The standard InChI is InChI=1S/C18H24N2/c1-14(2)20(13-16-7-5-4-6-8-16)18-10-9-17(12-19)11-15(18)3/h4-11,14H,12-13,19H2,1-3H3. The van der Waals surface area contributed by atoms with Gasteiger partial charge in [-0.25, -0.2) is 0 Å². The molecule has 2 rings (SSSR count). The summed E-state index contributed by atoms with van der Waals surface area (Å²) >= 11 is 0. The highest BCUT2D eigenvalue weighted by atomic mass is 15.2. The minimum Gasteiger partial charge on any atom is -0.365 e. The van der Waals surface area contributed by atoms with Crippen LogP contribution in [0.4, 0.5) is 5.69 Å².